The molecule has 0 spiro atoms. The summed E-state index contributed by atoms with van der Waals surface area (Å²) in [6.07, 6.45) is 0. The molecule has 1 atom stereocenters. The molecule has 30 heavy (non-hydrogen) atoms. The van der Waals surface area contributed by atoms with Crippen LogP contribution in [0.15, 0.2) is 82.0 Å². The molecule has 1 aliphatic heterocycles. The SMILES string of the molecule is O=C1c2oc3ccc(Cl)cc3c(=O)c2C(c2ccc(Cl)cc2)N1Cc1ccccc1. The van der Waals surface area contributed by atoms with E-state index in [0.717, 1.165) is 11.1 Å². The van der Waals surface area contributed by atoms with Gasteiger partial charge in [0, 0.05) is 16.6 Å². The molecule has 1 amide bonds. The largest absolute Gasteiger partial charge is 0.450 e. The van der Waals surface area contributed by atoms with Gasteiger partial charge in [0.05, 0.1) is 17.0 Å². The first-order chi connectivity index (χ1) is 14.5. The summed E-state index contributed by atoms with van der Waals surface area (Å²) in [5, 5.41) is 1.37. The number of benzene rings is 3. The van der Waals surface area contributed by atoms with Crippen molar-refractivity contribution in [2.24, 2.45) is 0 Å². The van der Waals surface area contributed by atoms with Gasteiger partial charge in [0.15, 0.2) is 5.43 Å². The molecule has 0 N–H and O–H groups in total. The minimum atomic E-state index is -0.579. The first-order valence-corrected chi connectivity index (χ1v) is 10.1. The number of halogens is 2. The molecule has 6 heteroatoms. The van der Waals surface area contributed by atoms with Crippen molar-refractivity contribution in [2.45, 2.75) is 12.6 Å². The number of hydrogen-bond donors (Lipinski definition) is 0. The van der Waals surface area contributed by atoms with E-state index in [4.69, 9.17) is 27.6 Å². The quantitative estimate of drug-likeness (QED) is 0.405. The molecular formula is C24H15Cl2NO3. The second-order valence-corrected chi connectivity index (χ2v) is 8.06. The number of carbonyl (C=O) groups excluding carboxylic acids is 1. The third-order valence-corrected chi connectivity index (χ3v) is 5.80. The van der Waals surface area contributed by atoms with Crippen LogP contribution in [0.2, 0.25) is 10.0 Å². The normalized spacial score (nSPS) is 15.6. The van der Waals surface area contributed by atoms with E-state index in [1.807, 2.05) is 42.5 Å². The van der Waals surface area contributed by atoms with E-state index in [-0.39, 0.29) is 17.1 Å². The van der Waals surface area contributed by atoms with Gasteiger partial charge in [0.1, 0.15) is 5.58 Å². The Labute approximate surface area is 182 Å². The van der Waals surface area contributed by atoms with E-state index >= 15 is 0 Å². The van der Waals surface area contributed by atoms with E-state index in [1.54, 1.807) is 35.2 Å². The molecule has 1 unspecified atom stereocenters. The Morgan fingerprint density at radius 3 is 2.30 bits per heavy atom. The minimum Gasteiger partial charge on any atom is -0.450 e. The van der Waals surface area contributed by atoms with E-state index < -0.39 is 6.04 Å². The maximum atomic E-state index is 13.4. The van der Waals surface area contributed by atoms with Gasteiger partial charge in [-0.15, -0.1) is 0 Å². The predicted molar refractivity (Wildman–Crippen MR) is 117 cm³/mol. The molecule has 0 saturated carbocycles. The first-order valence-electron chi connectivity index (χ1n) is 9.39. The van der Waals surface area contributed by atoms with Crippen LogP contribution >= 0.6 is 23.2 Å². The molecule has 0 bridgehead atoms. The predicted octanol–water partition coefficient (Wildman–Crippen LogP) is 5.85. The van der Waals surface area contributed by atoms with Crippen molar-refractivity contribution < 1.29 is 9.21 Å². The van der Waals surface area contributed by atoms with Crippen LogP contribution < -0.4 is 5.43 Å². The summed E-state index contributed by atoms with van der Waals surface area (Å²) in [5.74, 6) is -0.242. The molecule has 0 saturated heterocycles. The zero-order valence-electron chi connectivity index (χ0n) is 15.6. The summed E-state index contributed by atoms with van der Waals surface area (Å²) in [6.45, 7) is 0.341. The van der Waals surface area contributed by atoms with Crippen LogP contribution in [0.25, 0.3) is 11.0 Å². The van der Waals surface area contributed by atoms with Crippen LogP contribution in [0.5, 0.6) is 0 Å². The average Bonchev–Trinajstić information content (AvgIpc) is 3.02. The molecule has 5 rings (SSSR count). The van der Waals surface area contributed by atoms with Gasteiger partial charge in [-0.1, -0.05) is 65.7 Å². The molecule has 0 aliphatic carbocycles. The Balaban J connectivity index is 1.74. The Morgan fingerprint density at radius 2 is 1.57 bits per heavy atom. The van der Waals surface area contributed by atoms with Crippen LogP contribution in [0.4, 0.5) is 0 Å². The van der Waals surface area contributed by atoms with Crippen molar-refractivity contribution in [3.05, 3.63) is 116 Å². The summed E-state index contributed by atoms with van der Waals surface area (Å²) >= 11 is 12.2. The number of carbonyl (C=O) groups is 1. The fourth-order valence-electron chi connectivity index (χ4n) is 3.93. The van der Waals surface area contributed by atoms with E-state index in [9.17, 15) is 9.59 Å². The van der Waals surface area contributed by atoms with Gasteiger partial charge >= 0.3 is 0 Å². The Kier molecular flexibility index (Phi) is 4.61. The highest BCUT2D eigenvalue weighted by molar-refractivity contribution is 6.31. The van der Waals surface area contributed by atoms with Crippen LogP contribution in [0.1, 0.15) is 33.3 Å². The summed E-state index contributed by atoms with van der Waals surface area (Å²) in [6, 6.07) is 21.0. The van der Waals surface area contributed by atoms with E-state index in [0.29, 0.717) is 33.1 Å². The molecule has 148 valence electrons. The molecular weight excluding hydrogens is 421 g/mol. The summed E-state index contributed by atoms with van der Waals surface area (Å²) in [4.78, 5) is 28.5. The second-order valence-electron chi connectivity index (χ2n) is 7.19. The monoisotopic (exact) mass is 435 g/mol. The van der Waals surface area contributed by atoms with Crippen molar-refractivity contribution in [1.82, 2.24) is 4.90 Å². The number of nitrogens with zero attached hydrogens (tertiary/aromatic N) is 1. The standard InChI is InChI=1S/C24H15Cl2NO3/c25-16-8-6-15(7-9-16)21-20-22(28)18-12-17(26)10-11-19(18)30-23(20)24(29)27(21)13-14-4-2-1-3-5-14/h1-12,21H,13H2. The minimum absolute atomic E-state index is 0.0747. The van der Waals surface area contributed by atoms with Gasteiger partial charge in [-0.2, -0.15) is 0 Å². The number of fused-ring (bicyclic) bond motifs is 2. The third-order valence-electron chi connectivity index (χ3n) is 5.31. The fraction of sp³-hybridized carbons (Fsp3) is 0.0833. The Hall–Kier alpha value is -3.08. The highest BCUT2D eigenvalue weighted by Gasteiger charge is 2.42. The number of rotatable bonds is 3. The van der Waals surface area contributed by atoms with Gasteiger partial charge in [0.25, 0.3) is 5.91 Å². The average molecular weight is 436 g/mol. The molecule has 0 radical (unpaired) electrons. The van der Waals surface area contributed by atoms with Crippen molar-refractivity contribution >= 4 is 40.1 Å². The highest BCUT2D eigenvalue weighted by atomic mass is 35.5. The van der Waals surface area contributed by atoms with Crippen molar-refractivity contribution in [1.29, 1.82) is 0 Å². The van der Waals surface area contributed by atoms with E-state index in [2.05, 4.69) is 0 Å². The first kappa shape index (κ1) is 18.9. The maximum absolute atomic E-state index is 13.4. The maximum Gasteiger partial charge on any atom is 0.291 e. The van der Waals surface area contributed by atoms with Gasteiger partial charge in [-0.05, 0) is 41.5 Å². The molecule has 0 fully saturated rings. The summed E-state index contributed by atoms with van der Waals surface area (Å²) < 4.78 is 5.92. The van der Waals surface area contributed by atoms with E-state index in [1.165, 1.54) is 0 Å². The lowest BCUT2D eigenvalue weighted by Crippen LogP contribution is -2.29. The van der Waals surface area contributed by atoms with Crippen molar-refractivity contribution in [3.8, 4) is 0 Å². The van der Waals surface area contributed by atoms with Gasteiger partial charge in [-0.25, -0.2) is 0 Å². The summed E-state index contributed by atoms with van der Waals surface area (Å²) in [7, 11) is 0. The second kappa shape index (κ2) is 7.31. The van der Waals surface area contributed by atoms with Crippen LogP contribution in [0, 0.1) is 0 Å². The van der Waals surface area contributed by atoms with Crippen molar-refractivity contribution in [2.75, 3.05) is 0 Å². The van der Waals surface area contributed by atoms with Crippen LogP contribution in [0.3, 0.4) is 0 Å². The number of amides is 1. The van der Waals surface area contributed by atoms with Gasteiger partial charge in [0.2, 0.25) is 5.76 Å². The fourth-order valence-corrected chi connectivity index (χ4v) is 4.23. The molecule has 2 heterocycles. The topological polar surface area (TPSA) is 50.5 Å². The van der Waals surface area contributed by atoms with Gasteiger partial charge < -0.3 is 9.32 Å². The Bertz CT molecular complexity index is 1330. The molecule has 4 nitrogen and oxygen atoms in total. The lowest BCUT2D eigenvalue weighted by molar-refractivity contribution is 0.0714. The third kappa shape index (κ3) is 3.09. The highest BCUT2D eigenvalue weighted by Crippen LogP contribution is 2.39. The number of hydrogen-bond acceptors (Lipinski definition) is 3. The lowest BCUT2D eigenvalue weighted by Gasteiger charge is -2.25. The van der Waals surface area contributed by atoms with Gasteiger partial charge in [-0.3, -0.25) is 9.59 Å². The van der Waals surface area contributed by atoms with Crippen molar-refractivity contribution in [3.63, 3.8) is 0 Å². The lowest BCUT2D eigenvalue weighted by atomic mass is 9.98. The zero-order valence-corrected chi connectivity index (χ0v) is 17.2. The molecule has 4 aromatic rings. The zero-order chi connectivity index (χ0) is 20.8. The molecule has 3 aromatic carbocycles. The Morgan fingerprint density at radius 1 is 0.867 bits per heavy atom. The molecule has 1 aliphatic rings. The van der Waals surface area contributed by atoms with Crippen LogP contribution in [-0.2, 0) is 6.54 Å². The van der Waals surface area contributed by atoms with Crippen LogP contribution in [-0.4, -0.2) is 10.8 Å². The molecule has 1 aromatic heterocycles. The smallest absolute Gasteiger partial charge is 0.291 e. The summed E-state index contributed by atoms with van der Waals surface area (Å²) in [5.41, 5.74) is 2.16.